The third-order valence-electron chi connectivity index (χ3n) is 2.58. The number of carbonyl (C=O) groups is 2. The van der Waals surface area contributed by atoms with Crippen molar-refractivity contribution in [2.45, 2.75) is 38.8 Å². The van der Waals surface area contributed by atoms with Crippen LogP contribution in [0.3, 0.4) is 0 Å². The molecule has 10 nitrogen and oxygen atoms in total. The smallest absolute Gasteiger partial charge is 0.408 e. The SMILES string of the molecule is CC(C)(C)OC(=O)N[C@@H](CCOc1cccnc1[N+](=O)[O-])C(=O)O. The van der Waals surface area contributed by atoms with E-state index in [2.05, 4.69) is 10.3 Å². The molecule has 1 heterocycles. The number of rotatable bonds is 7. The quantitative estimate of drug-likeness (QED) is 0.564. The van der Waals surface area contributed by atoms with Crippen molar-refractivity contribution < 1.29 is 29.1 Å². The van der Waals surface area contributed by atoms with Gasteiger partial charge in [-0.3, -0.25) is 0 Å². The highest BCUT2D eigenvalue weighted by Gasteiger charge is 2.24. The molecular formula is C14H19N3O7. The van der Waals surface area contributed by atoms with Crippen LogP contribution in [-0.4, -0.2) is 45.3 Å². The Balaban J connectivity index is 2.61. The Labute approximate surface area is 137 Å². The summed E-state index contributed by atoms with van der Waals surface area (Å²) in [6.45, 7) is 4.77. The molecule has 1 amide bonds. The van der Waals surface area contributed by atoms with Gasteiger partial charge in [0, 0.05) is 6.42 Å². The molecule has 1 aromatic heterocycles. The number of amides is 1. The molecule has 0 saturated carbocycles. The molecule has 0 aliphatic heterocycles. The number of nitrogens with zero attached hydrogens (tertiary/aromatic N) is 2. The topological polar surface area (TPSA) is 141 Å². The molecule has 0 radical (unpaired) electrons. The predicted molar refractivity (Wildman–Crippen MR) is 81.8 cm³/mol. The van der Waals surface area contributed by atoms with Crippen molar-refractivity contribution in [3.05, 3.63) is 28.4 Å². The number of carbonyl (C=O) groups excluding carboxylic acids is 1. The fourth-order valence-electron chi connectivity index (χ4n) is 1.63. The first kappa shape index (κ1) is 19.1. The Morgan fingerprint density at radius 2 is 2.12 bits per heavy atom. The minimum atomic E-state index is -1.27. The fraction of sp³-hybridized carbons (Fsp3) is 0.500. The van der Waals surface area contributed by atoms with Gasteiger partial charge in [-0.25, -0.2) is 9.59 Å². The van der Waals surface area contributed by atoms with E-state index < -0.39 is 34.4 Å². The van der Waals surface area contributed by atoms with Crippen molar-refractivity contribution in [3.8, 4) is 5.75 Å². The van der Waals surface area contributed by atoms with Crippen LogP contribution in [0.1, 0.15) is 27.2 Å². The van der Waals surface area contributed by atoms with Crippen LogP contribution in [0.2, 0.25) is 0 Å². The summed E-state index contributed by atoms with van der Waals surface area (Å²) in [5.74, 6) is -1.82. The summed E-state index contributed by atoms with van der Waals surface area (Å²) in [6.07, 6.45) is 0.262. The maximum absolute atomic E-state index is 11.6. The number of nitro groups is 1. The molecule has 1 rings (SSSR count). The van der Waals surface area contributed by atoms with Crippen molar-refractivity contribution >= 4 is 17.9 Å². The molecule has 2 N–H and O–H groups in total. The molecule has 0 aliphatic rings. The van der Waals surface area contributed by atoms with Gasteiger partial charge in [0.1, 0.15) is 17.8 Å². The number of aliphatic carboxylic acids is 1. The summed E-state index contributed by atoms with van der Waals surface area (Å²) >= 11 is 0. The van der Waals surface area contributed by atoms with Crippen molar-refractivity contribution in [2.75, 3.05) is 6.61 Å². The Bertz CT molecular complexity index is 613. The zero-order chi connectivity index (χ0) is 18.3. The zero-order valence-electron chi connectivity index (χ0n) is 13.5. The standard InChI is InChI=1S/C14H19N3O7/c1-14(2,3)24-13(20)16-9(12(18)19)6-8-23-10-5-4-7-15-11(10)17(21)22/h4-5,7,9H,6,8H2,1-3H3,(H,16,20)(H,18,19)/t9-/m0/s1. The number of carboxylic acid groups (broad SMARTS) is 1. The van der Waals surface area contributed by atoms with Crippen LogP contribution in [0.15, 0.2) is 18.3 Å². The highest BCUT2D eigenvalue weighted by Crippen LogP contribution is 2.23. The Kier molecular flexibility index (Phi) is 6.45. The minimum Gasteiger partial charge on any atom is -0.486 e. The summed E-state index contributed by atoms with van der Waals surface area (Å²) in [7, 11) is 0. The predicted octanol–water partition coefficient (Wildman–Crippen LogP) is 1.74. The van der Waals surface area contributed by atoms with E-state index in [0.717, 1.165) is 0 Å². The Morgan fingerprint density at radius 3 is 2.67 bits per heavy atom. The second kappa shape index (κ2) is 8.09. The van der Waals surface area contributed by atoms with Crippen LogP contribution >= 0.6 is 0 Å². The lowest BCUT2D eigenvalue weighted by Gasteiger charge is -2.22. The summed E-state index contributed by atoms with van der Waals surface area (Å²) in [4.78, 5) is 36.4. The number of hydrogen-bond donors (Lipinski definition) is 2. The summed E-state index contributed by atoms with van der Waals surface area (Å²) < 4.78 is 10.2. The van der Waals surface area contributed by atoms with E-state index in [4.69, 9.17) is 14.6 Å². The normalized spacial score (nSPS) is 12.1. The molecule has 0 fully saturated rings. The number of aromatic nitrogens is 1. The first-order valence-electron chi connectivity index (χ1n) is 7.04. The van der Waals surface area contributed by atoms with Crippen LogP contribution in [0.4, 0.5) is 10.6 Å². The first-order valence-corrected chi connectivity index (χ1v) is 7.04. The molecule has 0 spiro atoms. The van der Waals surface area contributed by atoms with E-state index in [-0.39, 0.29) is 18.8 Å². The molecule has 0 aliphatic carbocycles. The molecule has 0 aromatic carbocycles. The average molecular weight is 341 g/mol. The van der Waals surface area contributed by atoms with Crippen LogP contribution in [0, 0.1) is 10.1 Å². The number of hydrogen-bond acceptors (Lipinski definition) is 7. The van der Waals surface area contributed by atoms with E-state index in [1.807, 2.05) is 0 Å². The Morgan fingerprint density at radius 1 is 1.46 bits per heavy atom. The Hall–Kier alpha value is -2.91. The molecule has 0 unspecified atom stereocenters. The third-order valence-corrected chi connectivity index (χ3v) is 2.58. The summed E-state index contributed by atoms with van der Waals surface area (Å²) in [5, 5.41) is 22.1. The molecule has 132 valence electrons. The van der Waals surface area contributed by atoms with E-state index in [1.165, 1.54) is 18.3 Å². The van der Waals surface area contributed by atoms with Crippen LogP contribution in [-0.2, 0) is 9.53 Å². The van der Waals surface area contributed by atoms with Crippen LogP contribution in [0.25, 0.3) is 0 Å². The lowest BCUT2D eigenvalue weighted by Crippen LogP contribution is -2.44. The van der Waals surface area contributed by atoms with Gasteiger partial charge >= 0.3 is 17.9 Å². The molecule has 0 bridgehead atoms. The van der Waals surface area contributed by atoms with Gasteiger partial charge in [-0.2, -0.15) is 0 Å². The maximum Gasteiger partial charge on any atom is 0.408 e. The van der Waals surface area contributed by atoms with Gasteiger partial charge in [0.05, 0.1) is 6.61 Å². The highest BCUT2D eigenvalue weighted by molar-refractivity contribution is 5.79. The molecule has 1 aromatic rings. The van der Waals surface area contributed by atoms with Gasteiger partial charge < -0.3 is 30.0 Å². The summed E-state index contributed by atoms with van der Waals surface area (Å²) in [5.41, 5.74) is -0.764. The monoisotopic (exact) mass is 341 g/mol. The fourth-order valence-corrected chi connectivity index (χ4v) is 1.63. The third kappa shape index (κ3) is 6.46. The van der Waals surface area contributed by atoms with Crippen LogP contribution < -0.4 is 10.1 Å². The van der Waals surface area contributed by atoms with Crippen LogP contribution in [0.5, 0.6) is 5.75 Å². The highest BCUT2D eigenvalue weighted by atomic mass is 16.6. The molecule has 24 heavy (non-hydrogen) atoms. The summed E-state index contributed by atoms with van der Waals surface area (Å²) in [6, 6.07) is 1.55. The lowest BCUT2D eigenvalue weighted by molar-refractivity contribution is -0.390. The van der Waals surface area contributed by atoms with Crippen molar-refractivity contribution in [1.82, 2.24) is 10.3 Å². The second-order valence-corrected chi connectivity index (χ2v) is 5.76. The molecular weight excluding hydrogens is 322 g/mol. The molecule has 0 saturated heterocycles. The minimum absolute atomic E-state index is 0.0797. The largest absolute Gasteiger partial charge is 0.486 e. The molecule has 10 heteroatoms. The van der Waals surface area contributed by atoms with Gasteiger partial charge in [-0.15, -0.1) is 0 Å². The van der Waals surface area contributed by atoms with Crippen molar-refractivity contribution in [3.63, 3.8) is 0 Å². The number of alkyl carbamates (subject to hydrolysis) is 1. The lowest BCUT2D eigenvalue weighted by atomic mass is 10.2. The molecule has 1 atom stereocenters. The van der Waals surface area contributed by atoms with Gasteiger partial charge in [0.15, 0.2) is 0 Å². The van der Waals surface area contributed by atoms with Gasteiger partial charge in [-0.1, -0.05) is 0 Å². The maximum atomic E-state index is 11.6. The number of pyridine rings is 1. The number of carboxylic acids is 1. The zero-order valence-corrected chi connectivity index (χ0v) is 13.5. The van der Waals surface area contributed by atoms with E-state index >= 15 is 0 Å². The van der Waals surface area contributed by atoms with E-state index in [0.29, 0.717) is 0 Å². The van der Waals surface area contributed by atoms with E-state index in [1.54, 1.807) is 20.8 Å². The average Bonchev–Trinajstić information content (AvgIpc) is 2.44. The second-order valence-electron chi connectivity index (χ2n) is 5.76. The number of nitrogens with one attached hydrogen (secondary N) is 1. The number of ether oxygens (including phenoxy) is 2. The van der Waals surface area contributed by atoms with Gasteiger partial charge in [0.25, 0.3) is 0 Å². The van der Waals surface area contributed by atoms with Crippen molar-refractivity contribution in [2.24, 2.45) is 0 Å². The van der Waals surface area contributed by atoms with Gasteiger partial charge in [0.2, 0.25) is 5.75 Å². The van der Waals surface area contributed by atoms with E-state index in [9.17, 15) is 19.7 Å². The first-order chi connectivity index (χ1) is 11.1. The van der Waals surface area contributed by atoms with Crippen molar-refractivity contribution in [1.29, 1.82) is 0 Å². The van der Waals surface area contributed by atoms with Gasteiger partial charge in [-0.05, 0) is 42.8 Å².